The summed E-state index contributed by atoms with van der Waals surface area (Å²) in [4.78, 5) is 24.9. The van der Waals surface area contributed by atoms with Crippen molar-refractivity contribution in [2.45, 2.75) is 44.0 Å². The topological polar surface area (TPSA) is 92.8 Å². The number of nitrogens with zero attached hydrogens (tertiary/aromatic N) is 1. The molecule has 0 saturated heterocycles. The van der Waals surface area contributed by atoms with E-state index in [9.17, 15) is 18.0 Å². The maximum atomic E-state index is 12.7. The minimum Gasteiger partial charge on any atom is -0.452 e. The zero-order chi connectivity index (χ0) is 23.3. The number of carbonyl (C=O) groups excluding carboxylic acids is 2. The monoisotopic (exact) mass is 478 g/mol. The fraction of sp³-hybridized carbons (Fsp3) is 0.391. The fourth-order valence-electron chi connectivity index (χ4n) is 3.88. The van der Waals surface area contributed by atoms with Crippen molar-refractivity contribution in [3.05, 3.63) is 64.2 Å². The van der Waals surface area contributed by atoms with Crippen molar-refractivity contribution >= 4 is 33.5 Å². The zero-order valence-electron chi connectivity index (χ0n) is 18.1. The van der Waals surface area contributed by atoms with Crippen LogP contribution in [0.2, 0.25) is 5.02 Å². The largest absolute Gasteiger partial charge is 0.452 e. The van der Waals surface area contributed by atoms with Crippen molar-refractivity contribution in [3.8, 4) is 0 Å². The van der Waals surface area contributed by atoms with E-state index in [4.69, 9.17) is 16.3 Å². The van der Waals surface area contributed by atoms with E-state index in [-0.39, 0.29) is 21.5 Å². The van der Waals surface area contributed by atoms with Crippen LogP contribution in [-0.2, 0) is 26.0 Å². The first-order valence-corrected chi connectivity index (χ1v) is 12.4. The molecular formula is C23H27ClN2O5S. The van der Waals surface area contributed by atoms with Crippen LogP contribution in [0.1, 0.15) is 54.2 Å². The van der Waals surface area contributed by atoms with Crippen molar-refractivity contribution in [1.29, 1.82) is 0 Å². The van der Waals surface area contributed by atoms with Gasteiger partial charge in [-0.05, 0) is 48.6 Å². The van der Waals surface area contributed by atoms with Gasteiger partial charge in [-0.15, -0.1) is 0 Å². The molecule has 1 aliphatic rings. The molecule has 0 bridgehead atoms. The predicted octanol–water partition coefficient (Wildman–Crippen LogP) is 3.72. The molecule has 1 N–H and O–H groups in total. The molecule has 9 heteroatoms. The van der Waals surface area contributed by atoms with Gasteiger partial charge in [0.2, 0.25) is 10.0 Å². The maximum absolute atomic E-state index is 12.7. The molecule has 32 heavy (non-hydrogen) atoms. The molecule has 2 aromatic rings. The van der Waals surface area contributed by atoms with Crippen LogP contribution in [-0.4, -0.2) is 44.3 Å². The van der Waals surface area contributed by atoms with Crippen molar-refractivity contribution in [1.82, 2.24) is 9.62 Å². The lowest BCUT2D eigenvalue weighted by Crippen LogP contribution is -2.34. The molecule has 1 unspecified atom stereocenters. The van der Waals surface area contributed by atoms with Gasteiger partial charge in [-0.2, -0.15) is 4.31 Å². The van der Waals surface area contributed by atoms with Crippen molar-refractivity contribution in [2.75, 3.05) is 19.7 Å². The quantitative estimate of drug-likeness (QED) is 0.583. The minimum absolute atomic E-state index is 0.0510. The number of fused-ring (bicyclic) bond motifs is 1. The number of hydrogen-bond donors (Lipinski definition) is 1. The summed E-state index contributed by atoms with van der Waals surface area (Å²) >= 11 is 6.11. The minimum atomic E-state index is -3.77. The first kappa shape index (κ1) is 24.2. The van der Waals surface area contributed by atoms with E-state index < -0.39 is 28.5 Å². The van der Waals surface area contributed by atoms with Crippen LogP contribution in [0.4, 0.5) is 0 Å². The molecule has 0 spiro atoms. The maximum Gasteiger partial charge on any atom is 0.340 e. The van der Waals surface area contributed by atoms with Crippen LogP contribution in [0.15, 0.2) is 47.4 Å². The van der Waals surface area contributed by atoms with Crippen molar-refractivity contribution < 1.29 is 22.7 Å². The molecular weight excluding hydrogens is 452 g/mol. The summed E-state index contributed by atoms with van der Waals surface area (Å²) < 4.78 is 31.9. The molecule has 0 aromatic heterocycles. The Labute approximate surface area is 193 Å². The number of amides is 1. The summed E-state index contributed by atoms with van der Waals surface area (Å²) in [6.07, 6.45) is 2.75. The Morgan fingerprint density at radius 3 is 2.59 bits per heavy atom. The highest BCUT2D eigenvalue weighted by atomic mass is 35.5. The molecule has 0 aliphatic heterocycles. The third-order valence-electron chi connectivity index (χ3n) is 5.54. The number of benzene rings is 2. The van der Waals surface area contributed by atoms with Crippen LogP contribution < -0.4 is 5.32 Å². The third-order valence-corrected chi connectivity index (χ3v) is 7.92. The molecule has 1 aliphatic carbocycles. The summed E-state index contributed by atoms with van der Waals surface area (Å²) in [5.74, 6) is -1.28. The summed E-state index contributed by atoms with van der Waals surface area (Å²) in [7, 11) is -3.77. The molecule has 1 amide bonds. The lowest BCUT2D eigenvalue weighted by Gasteiger charge is -2.26. The summed E-state index contributed by atoms with van der Waals surface area (Å²) in [6.45, 7) is 3.57. The second-order valence-electron chi connectivity index (χ2n) is 7.52. The SMILES string of the molecule is CCN(CC)S(=O)(=O)c1ccc(Cl)c(C(=O)OCC(=O)NC2CCCc3ccccc32)c1. The molecule has 0 fully saturated rings. The summed E-state index contributed by atoms with van der Waals surface area (Å²) in [5.41, 5.74) is 2.19. The molecule has 0 radical (unpaired) electrons. The second-order valence-corrected chi connectivity index (χ2v) is 9.86. The number of ether oxygens (including phenoxy) is 1. The highest BCUT2D eigenvalue weighted by Gasteiger charge is 2.25. The Kier molecular flexibility index (Phi) is 7.92. The van der Waals surface area contributed by atoms with E-state index in [2.05, 4.69) is 11.4 Å². The van der Waals surface area contributed by atoms with E-state index in [1.54, 1.807) is 13.8 Å². The van der Waals surface area contributed by atoms with Crippen molar-refractivity contribution in [2.24, 2.45) is 0 Å². The Hall–Kier alpha value is -2.42. The molecule has 7 nitrogen and oxygen atoms in total. The van der Waals surface area contributed by atoms with Gasteiger partial charge < -0.3 is 10.1 Å². The average Bonchev–Trinajstić information content (AvgIpc) is 2.78. The van der Waals surface area contributed by atoms with Crippen LogP contribution in [0.3, 0.4) is 0 Å². The van der Waals surface area contributed by atoms with Gasteiger partial charge in [-0.1, -0.05) is 49.7 Å². The Morgan fingerprint density at radius 1 is 1.16 bits per heavy atom. The molecule has 172 valence electrons. The smallest absolute Gasteiger partial charge is 0.340 e. The number of hydrogen-bond acceptors (Lipinski definition) is 5. The number of carbonyl (C=O) groups is 2. The van der Waals surface area contributed by atoms with Crippen LogP contribution in [0, 0.1) is 0 Å². The van der Waals surface area contributed by atoms with Crippen molar-refractivity contribution in [3.63, 3.8) is 0 Å². The van der Waals surface area contributed by atoms with Gasteiger partial charge in [0.25, 0.3) is 5.91 Å². The highest BCUT2D eigenvalue weighted by molar-refractivity contribution is 7.89. The standard InChI is InChI=1S/C23H27ClN2O5S/c1-3-26(4-2)32(29,30)17-12-13-20(24)19(14-17)23(28)31-15-22(27)25-21-11-7-9-16-8-5-6-10-18(16)21/h5-6,8,10,12-14,21H,3-4,7,9,11,15H2,1-2H3,(H,25,27). The number of aryl methyl sites for hydroxylation is 1. The van der Waals surface area contributed by atoms with Crippen LogP contribution >= 0.6 is 11.6 Å². The Balaban J connectivity index is 1.67. The molecule has 0 saturated carbocycles. The van der Waals surface area contributed by atoms with Gasteiger partial charge in [-0.3, -0.25) is 4.79 Å². The van der Waals surface area contributed by atoms with Gasteiger partial charge in [-0.25, -0.2) is 13.2 Å². The second kappa shape index (κ2) is 10.5. The number of esters is 1. The normalized spacial score (nSPS) is 15.8. The Bertz CT molecular complexity index is 1100. The number of halogens is 1. The van der Waals surface area contributed by atoms with E-state index in [1.807, 2.05) is 18.2 Å². The van der Waals surface area contributed by atoms with E-state index in [1.165, 1.54) is 28.1 Å². The van der Waals surface area contributed by atoms with Gasteiger partial charge >= 0.3 is 5.97 Å². The lowest BCUT2D eigenvalue weighted by atomic mass is 9.88. The average molecular weight is 479 g/mol. The summed E-state index contributed by atoms with van der Waals surface area (Å²) in [6, 6.07) is 11.7. The highest BCUT2D eigenvalue weighted by Crippen LogP contribution is 2.29. The van der Waals surface area contributed by atoms with Gasteiger partial charge in [0, 0.05) is 13.1 Å². The third kappa shape index (κ3) is 5.31. The van der Waals surface area contributed by atoms with Gasteiger partial charge in [0.15, 0.2) is 6.61 Å². The fourth-order valence-corrected chi connectivity index (χ4v) is 5.56. The molecule has 3 rings (SSSR count). The van der Waals surface area contributed by atoms with Gasteiger partial charge in [0.1, 0.15) is 0 Å². The van der Waals surface area contributed by atoms with E-state index in [0.717, 1.165) is 24.8 Å². The van der Waals surface area contributed by atoms with Gasteiger partial charge in [0.05, 0.1) is 21.5 Å². The lowest BCUT2D eigenvalue weighted by molar-refractivity contribution is -0.125. The number of sulfonamides is 1. The van der Waals surface area contributed by atoms with Crippen LogP contribution in [0.5, 0.6) is 0 Å². The zero-order valence-corrected chi connectivity index (χ0v) is 19.7. The van der Waals surface area contributed by atoms with E-state index in [0.29, 0.717) is 13.1 Å². The first-order valence-electron chi connectivity index (χ1n) is 10.6. The van der Waals surface area contributed by atoms with E-state index >= 15 is 0 Å². The van der Waals surface area contributed by atoms with Crippen LogP contribution in [0.25, 0.3) is 0 Å². The molecule has 2 aromatic carbocycles. The first-order chi connectivity index (χ1) is 15.3. The molecule has 0 heterocycles. The summed E-state index contributed by atoms with van der Waals surface area (Å²) in [5, 5.41) is 2.96. The molecule has 1 atom stereocenters. The Morgan fingerprint density at radius 2 is 1.88 bits per heavy atom. The number of nitrogens with one attached hydrogen (secondary N) is 1. The number of rotatable bonds is 8. The predicted molar refractivity (Wildman–Crippen MR) is 122 cm³/mol.